The van der Waals surface area contributed by atoms with Gasteiger partial charge in [-0.1, -0.05) is 6.07 Å². The summed E-state index contributed by atoms with van der Waals surface area (Å²) in [5.41, 5.74) is 1.84. The van der Waals surface area contributed by atoms with Crippen molar-refractivity contribution < 1.29 is 9.21 Å². The molecule has 13 heavy (non-hydrogen) atoms. The van der Waals surface area contributed by atoms with E-state index in [-0.39, 0.29) is 0 Å². The van der Waals surface area contributed by atoms with Crippen molar-refractivity contribution in [1.29, 1.82) is 0 Å². The van der Waals surface area contributed by atoms with E-state index in [4.69, 9.17) is 4.42 Å². The van der Waals surface area contributed by atoms with E-state index in [9.17, 15) is 4.79 Å². The van der Waals surface area contributed by atoms with Gasteiger partial charge in [-0.3, -0.25) is 0 Å². The van der Waals surface area contributed by atoms with Crippen LogP contribution < -0.4 is 0 Å². The Labute approximate surface area is 83.7 Å². The van der Waals surface area contributed by atoms with Crippen LogP contribution in [-0.2, 0) is 11.2 Å². The lowest BCUT2D eigenvalue weighted by molar-refractivity contribution is -0.107. The second kappa shape index (κ2) is 3.34. The van der Waals surface area contributed by atoms with Crippen LogP contribution in [0.4, 0.5) is 0 Å². The van der Waals surface area contributed by atoms with Gasteiger partial charge in [0.25, 0.3) is 0 Å². The van der Waals surface area contributed by atoms with E-state index in [0.29, 0.717) is 11.1 Å². The largest absolute Gasteiger partial charge is 0.449 e. The average molecular weight is 239 g/mol. The lowest BCUT2D eigenvalue weighted by Gasteiger charge is -1.93. The van der Waals surface area contributed by atoms with Crippen LogP contribution in [0.2, 0.25) is 0 Å². The SMILES string of the molecule is O=CCc1ccc2oc(Br)cc2c1. The smallest absolute Gasteiger partial charge is 0.170 e. The fourth-order valence-electron chi connectivity index (χ4n) is 1.28. The summed E-state index contributed by atoms with van der Waals surface area (Å²) in [5, 5.41) is 1.02. The molecule has 3 heteroatoms. The fraction of sp³-hybridized carbons (Fsp3) is 0.100. The van der Waals surface area contributed by atoms with Gasteiger partial charge >= 0.3 is 0 Å². The van der Waals surface area contributed by atoms with Crippen molar-refractivity contribution in [2.45, 2.75) is 6.42 Å². The van der Waals surface area contributed by atoms with Crippen molar-refractivity contribution in [3.63, 3.8) is 0 Å². The normalized spacial score (nSPS) is 10.5. The number of aldehydes is 1. The lowest BCUT2D eigenvalue weighted by atomic mass is 10.1. The zero-order chi connectivity index (χ0) is 9.26. The number of benzene rings is 1. The van der Waals surface area contributed by atoms with Crippen molar-refractivity contribution in [1.82, 2.24) is 0 Å². The molecule has 0 unspecified atom stereocenters. The fourth-order valence-corrected chi connectivity index (χ4v) is 1.70. The molecule has 66 valence electrons. The first-order valence-electron chi connectivity index (χ1n) is 3.91. The van der Waals surface area contributed by atoms with Crippen molar-refractivity contribution in [2.75, 3.05) is 0 Å². The van der Waals surface area contributed by atoms with Gasteiger partial charge in [-0.15, -0.1) is 0 Å². The number of furan rings is 1. The van der Waals surface area contributed by atoms with Crippen LogP contribution in [0.15, 0.2) is 33.4 Å². The maximum atomic E-state index is 10.3. The van der Waals surface area contributed by atoms with E-state index in [1.807, 2.05) is 24.3 Å². The number of fused-ring (bicyclic) bond motifs is 1. The molecule has 0 atom stereocenters. The molecule has 0 aliphatic rings. The van der Waals surface area contributed by atoms with Crippen LogP contribution in [0, 0.1) is 0 Å². The minimum Gasteiger partial charge on any atom is -0.449 e. The van der Waals surface area contributed by atoms with Crippen molar-refractivity contribution in [3.8, 4) is 0 Å². The maximum Gasteiger partial charge on any atom is 0.170 e. The summed E-state index contributed by atoms with van der Waals surface area (Å²) in [4.78, 5) is 10.3. The maximum absolute atomic E-state index is 10.3. The second-order valence-corrected chi connectivity index (χ2v) is 3.58. The number of carbonyl (C=O) groups is 1. The van der Waals surface area contributed by atoms with Gasteiger partial charge in [0.05, 0.1) is 0 Å². The molecule has 0 amide bonds. The zero-order valence-electron chi connectivity index (χ0n) is 6.79. The molecule has 2 nitrogen and oxygen atoms in total. The summed E-state index contributed by atoms with van der Waals surface area (Å²) in [6.45, 7) is 0. The van der Waals surface area contributed by atoms with Gasteiger partial charge < -0.3 is 9.21 Å². The molecule has 0 saturated carbocycles. The Hall–Kier alpha value is -1.09. The Kier molecular flexibility index (Phi) is 2.19. The Morgan fingerprint density at radius 2 is 2.23 bits per heavy atom. The topological polar surface area (TPSA) is 30.2 Å². The molecule has 0 saturated heterocycles. The van der Waals surface area contributed by atoms with E-state index in [1.165, 1.54) is 0 Å². The molecule has 0 radical (unpaired) electrons. The highest BCUT2D eigenvalue weighted by molar-refractivity contribution is 9.10. The molecule has 0 aliphatic heterocycles. The minimum atomic E-state index is 0.457. The summed E-state index contributed by atoms with van der Waals surface area (Å²) in [5.74, 6) is 0. The third-order valence-corrected chi connectivity index (χ3v) is 2.26. The van der Waals surface area contributed by atoms with E-state index >= 15 is 0 Å². The third-order valence-electron chi connectivity index (χ3n) is 1.87. The predicted molar refractivity (Wildman–Crippen MR) is 53.7 cm³/mol. The van der Waals surface area contributed by atoms with Crippen LogP contribution in [0.1, 0.15) is 5.56 Å². The highest BCUT2D eigenvalue weighted by atomic mass is 79.9. The van der Waals surface area contributed by atoms with E-state index < -0.39 is 0 Å². The van der Waals surface area contributed by atoms with Gasteiger partial charge in [-0.2, -0.15) is 0 Å². The molecule has 0 spiro atoms. The van der Waals surface area contributed by atoms with Crippen LogP contribution in [0.25, 0.3) is 11.0 Å². The number of hydrogen-bond acceptors (Lipinski definition) is 2. The van der Waals surface area contributed by atoms with Gasteiger partial charge in [0, 0.05) is 11.8 Å². The Morgan fingerprint density at radius 1 is 1.38 bits per heavy atom. The Bertz CT molecular complexity index is 445. The van der Waals surface area contributed by atoms with Crippen LogP contribution in [0.5, 0.6) is 0 Å². The molecule has 0 fully saturated rings. The van der Waals surface area contributed by atoms with Crippen molar-refractivity contribution >= 4 is 33.2 Å². The molecule has 2 aromatic rings. The quantitative estimate of drug-likeness (QED) is 0.754. The van der Waals surface area contributed by atoms with Crippen LogP contribution >= 0.6 is 15.9 Å². The Balaban J connectivity index is 2.54. The average Bonchev–Trinajstić information content (AvgIpc) is 2.44. The first kappa shape index (κ1) is 8.51. The van der Waals surface area contributed by atoms with Gasteiger partial charge in [0.2, 0.25) is 0 Å². The second-order valence-electron chi connectivity index (χ2n) is 2.79. The summed E-state index contributed by atoms with van der Waals surface area (Å²) < 4.78 is 6.04. The molecular formula is C10H7BrO2. The highest BCUT2D eigenvalue weighted by Crippen LogP contribution is 2.24. The monoisotopic (exact) mass is 238 g/mol. The first-order chi connectivity index (χ1) is 6.29. The first-order valence-corrected chi connectivity index (χ1v) is 4.70. The van der Waals surface area contributed by atoms with Crippen LogP contribution in [0.3, 0.4) is 0 Å². The zero-order valence-corrected chi connectivity index (χ0v) is 8.37. The number of carbonyl (C=O) groups excluding carboxylic acids is 1. The van der Waals surface area contributed by atoms with Crippen LogP contribution in [-0.4, -0.2) is 6.29 Å². The lowest BCUT2D eigenvalue weighted by Crippen LogP contribution is -1.83. The summed E-state index contributed by atoms with van der Waals surface area (Å²) in [7, 11) is 0. The van der Waals surface area contributed by atoms with Gasteiger partial charge in [0.1, 0.15) is 11.9 Å². The summed E-state index contributed by atoms with van der Waals surface area (Å²) in [6, 6.07) is 7.62. The van der Waals surface area contributed by atoms with Gasteiger partial charge in [-0.25, -0.2) is 0 Å². The predicted octanol–water partition coefficient (Wildman–Crippen LogP) is 2.94. The third kappa shape index (κ3) is 1.65. The molecule has 1 aromatic carbocycles. The van der Waals surface area contributed by atoms with E-state index in [0.717, 1.165) is 22.8 Å². The molecule has 0 N–H and O–H groups in total. The summed E-state index contributed by atoms with van der Waals surface area (Å²) >= 11 is 3.25. The number of hydrogen-bond donors (Lipinski definition) is 0. The molecule has 2 rings (SSSR count). The molecule has 0 bridgehead atoms. The van der Waals surface area contributed by atoms with Crippen molar-refractivity contribution in [3.05, 3.63) is 34.5 Å². The number of rotatable bonds is 2. The molecule has 1 aromatic heterocycles. The standard InChI is InChI=1S/C10H7BrO2/c11-10-6-8-5-7(3-4-12)1-2-9(8)13-10/h1-2,4-6H,3H2. The Morgan fingerprint density at radius 3 is 3.00 bits per heavy atom. The van der Waals surface area contributed by atoms with E-state index in [1.54, 1.807) is 0 Å². The molecule has 1 heterocycles. The van der Waals surface area contributed by atoms with E-state index in [2.05, 4.69) is 15.9 Å². The minimum absolute atomic E-state index is 0.457. The molecular weight excluding hydrogens is 232 g/mol. The van der Waals surface area contributed by atoms with Gasteiger partial charge in [0.15, 0.2) is 4.67 Å². The van der Waals surface area contributed by atoms with Crippen molar-refractivity contribution in [2.24, 2.45) is 0 Å². The number of halogens is 1. The molecule has 0 aliphatic carbocycles. The highest BCUT2D eigenvalue weighted by Gasteiger charge is 2.01. The summed E-state index contributed by atoms with van der Waals surface area (Å²) in [6.07, 6.45) is 1.36. The van der Waals surface area contributed by atoms with Gasteiger partial charge in [-0.05, 0) is 39.7 Å².